The van der Waals surface area contributed by atoms with Crippen molar-refractivity contribution >= 4 is 33.6 Å². The first-order valence-electron chi connectivity index (χ1n) is 12.1. The minimum atomic E-state index is 0.0511. The zero-order valence-corrected chi connectivity index (χ0v) is 24.3. The van der Waals surface area contributed by atoms with Crippen LogP contribution in [0.2, 0.25) is 0 Å². The molecule has 1 heterocycles. The summed E-state index contributed by atoms with van der Waals surface area (Å²) in [5.74, 6) is 0.0511. The number of nitrogens with zero attached hydrogens (tertiary/aromatic N) is 3. The zero-order valence-electron chi connectivity index (χ0n) is 22.7. The number of carbonyl (C=O) groups is 1. The van der Waals surface area contributed by atoms with Gasteiger partial charge < -0.3 is 4.90 Å². The lowest BCUT2D eigenvalue weighted by Crippen LogP contribution is -2.30. The van der Waals surface area contributed by atoms with Gasteiger partial charge in [0.15, 0.2) is 0 Å². The van der Waals surface area contributed by atoms with Gasteiger partial charge in [0.25, 0.3) is 5.91 Å². The van der Waals surface area contributed by atoms with E-state index in [-0.39, 0.29) is 5.91 Å². The Balaban J connectivity index is 0.00000258. The molecule has 1 amide bonds. The number of rotatable bonds is 7. The van der Waals surface area contributed by atoms with E-state index in [0.29, 0.717) is 0 Å². The Morgan fingerprint density at radius 1 is 1.24 bits per heavy atom. The number of benzene rings is 1. The summed E-state index contributed by atoms with van der Waals surface area (Å²) in [7, 11) is 5.32. The molecule has 0 saturated heterocycles. The fraction of sp³-hybridized carbons (Fsp3) is 0.448. The zero-order chi connectivity index (χ0) is 26.3. The van der Waals surface area contributed by atoms with Gasteiger partial charge in [0.05, 0.1) is 0 Å². The molecule has 2 rings (SSSR count). The molecule has 1 aliphatic heterocycles. The summed E-state index contributed by atoms with van der Waals surface area (Å²) in [5, 5.41) is 0. The molecule has 0 aliphatic carbocycles. The third-order valence-corrected chi connectivity index (χ3v) is 5.87. The maximum Gasteiger partial charge on any atom is 0.253 e. The van der Waals surface area contributed by atoms with Crippen molar-refractivity contribution in [2.45, 2.75) is 48.0 Å². The van der Waals surface area contributed by atoms with Gasteiger partial charge in [0, 0.05) is 57.0 Å². The average molecular weight is 531 g/mol. The number of aryl methyl sites for hydroxylation is 1. The molecule has 0 fully saturated rings. The van der Waals surface area contributed by atoms with E-state index in [0.717, 1.165) is 47.2 Å². The lowest BCUT2D eigenvalue weighted by atomic mass is 9.95. The molecule has 0 spiro atoms. The highest BCUT2D eigenvalue weighted by Gasteiger charge is 2.16. The maximum atomic E-state index is 12.2. The third kappa shape index (κ3) is 10.4. The first-order valence-corrected chi connectivity index (χ1v) is 12.9. The quantitative estimate of drug-likeness (QED) is 0.274. The predicted octanol–water partition coefficient (Wildman–Crippen LogP) is 7.32. The monoisotopic (exact) mass is 529 g/mol. The van der Waals surface area contributed by atoms with Gasteiger partial charge in [0.2, 0.25) is 0 Å². The van der Waals surface area contributed by atoms with E-state index in [9.17, 15) is 4.79 Å². The first-order chi connectivity index (χ1) is 16.2. The van der Waals surface area contributed by atoms with Crippen molar-refractivity contribution in [2.24, 2.45) is 4.99 Å². The molecule has 1 aliphatic rings. The molecule has 188 valence electrons. The summed E-state index contributed by atoms with van der Waals surface area (Å²) >= 11 is 3.54. The van der Waals surface area contributed by atoms with Gasteiger partial charge in [-0.3, -0.25) is 14.7 Å². The standard InChI is InChI=1S/C25H32BrN3O.2C2H6/c1-18(15-20(3)24(26)9-12-27-4)17-29-13-10-21(11-14-29)22-7-8-23(19(2)16-22)25(30)28(5)6;2*1-2/h7-10,12,15-16H,3,11,13-14,17H2,1-2,4-6H3;2*1-2H3/b18-15+,24-9+,27-12?;;. The molecule has 5 heteroatoms. The van der Waals surface area contributed by atoms with Crippen molar-refractivity contribution in [3.63, 3.8) is 0 Å². The lowest BCUT2D eigenvalue weighted by molar-refractivity contribution is 0.0827. The minimum absolute atomic E-state index is 0.0511. The SMILES string of the molecule is C=C(/C=C(\C)CN1CC=C(c2ccc(C(=O)N(C)C)c(C)c2)CC1)/C(Br)=C\C=NC.CC.CC. The molecule has 4 nitrogen and oxygen atoms in total. The van der Waals surface area contributed by atoms with Gasteiger partial charge in [-0.1, -0.05) is 80.1 Å². The lowest BCUT2D eigenvalue weighted by Gasteiger charge is -2.27. The Labute approximate surface area is 217 Å². The summed E-state index contributed by atoms with van der Waals surface area (Å²) in [4.78, 5) is 20.3. The van der Waals surface area contributed by atoms with Crippen LogP contribution in [-0.4, -0.2) is 62.7 Å². The minimum Gasteiger partial charge on any atom is -0.345 e. The van der Waals surface area contributed by atoms with E-state index in [2.05, 4.69) is 63.6 Å². The highest BCUT2D eigenvalue weighted by molar-refractivity contribution is 9.12. The number of hydrogen-bond donors (Lipinski definition) is 0. The van der Waals surface area contributed by atoms with E-state index < -0.39 is 0 Å². The molecule has 34 heavy (non-hydrogen) atoms. The van der Waals surface area contributed by atoms with Crippen molar-refractivity contribution in [2.75, 3.05) is 40.8 Å². The van der Waals surface area contributed by atoms with Gasteiger partial charge in [0.1, 0.15) is 0 Å². The molecule has 0 atom stereocenters. The van der Waals surface area contributed by atoms with Crippen LogP contribution in [0.15, 0.2) is 63.6 Å². The number of halogens is 1. The summed E-state index contributed by atoms with van der Waals surface area (Å²) in [5.41, 5.74) is 6.59. The Bertz CT molecular complexity index is 923. The van der Waals surface area contributed by atoms with Crippen LogP contribution < -0.4 is 0 Å². The molecule has 0 unspecified atom stereocenters. The van der Waals surface area contributed by atoms with Crippen LogP contribution in [0.1, 0.15) is 62.5 Å². The molecule has 0 N–H and O–H groups in total. The number of carbonyl (C=O) groups excluding carboxylic acids is 1. The second kappa shape index (κ2) is 17.2. The second-order valence-electron chi connectivity index (χ2n) is 7.88. The van der Waals surface area contributed by atoms with E-state index >= 15 is 0 Å². The highest BCUT2D eigenvalue weighted by Crippen LogP contribution is 2.25. The summed E-state index contributed by atoms with van der Waals surface area (Å²) in [6.07, 6.45) is 9.08. The second-order valence-corrected chi connectivity index (χ2v) is 8.74. The molecule has 1 aromatic rings. The van der Waals surface area contributed by atoms with Gasteiger partial charge in [-0.15, -0.1) is 0 Å². The number of hydrogen-bond acceptors (Lipinski definition) is 3. The average Bonchev–Trinajstić information content (AvgIpc) is 2.84. The van der Waals surface area contributed by atoms with Crippen molar-refractivity contribution in [1.29, 1.82) is 0 Å². The van der Waals surface area contributed by atoms with Gasteiger partial charge >= 0.3 is 0 Å². The highest BCUT2D eigenvalue weighted by atomic mass is 79.9. The number of allylic oxidation sites excluding steroid dienone is 4. The van der Waals surface area contributed by atoms with Crippen LogP contribution in [0.4, 0.5) is 0 Å². The van der Waals surface area contributed by atoms with Gasteiger partial charge in [-0.2, -0.15) is 0 Å². The molecule has 0 bridgehead atoms. The Kier molecular flexibility index (Phi) is 16.1. The Morgan fingerprint density at radius 2 is 1.88 bits per heavy atom. The van der Waals surface area contributed by atoms with Gasteiger partial charge in [-0.25, -0.2) is 0 Å². The molecule has 0 saturated carbocycles. The van der Waals surface area contributed by atoms with E-state index in [1.54, 1.807) is 32.3 Å². The largest absolute Gasteiger partial charge is 0.345 e. The number of amides is 1. The van der Waals surface area contributed by atoms with Gasteiger partial charge in [-0.05, 0) is 54.7 Å². The fourth-order valence-electron chi connectivity index (χ4n) is 3.47. The van der Waals surface area contributed by atoms with Crippen LogP contribution in [-0.2, 0) is 0 Å². The summed E-state index contributed by atoms with van der Waals surface area (Å²) in [6, 6.07) is 6.16. The van der Waals surface area contributed by atoms with Crippen LogP contribution in [0.3, 0.4) is 0 Å². The fourth-order valence-corrected chi connectivity index (χ4v) is 3.71. The predicted molar refractivity (Wildman–Crippen MR) is 155 cm³/mol. The molecule has 0 aromatic heterocycles. The van der Waals surface area contributed by atoms with Crippen molar-refractivity contribution < 1.29 is 4.79 Å². The van der Waals surface area contributed by atoms with Crippen LogP contribution >= 0.6 is 15.9 Å². The first kappa shape index (κ1) is 31.8. The number of aliphatic imine (C=N–C) groups is 1. The normalized spacial score (nSPS) is 14.5. The van der Waals surface area contributed by atoms with E-state index in [1.165, 1.54) is 16.7 Å². The van der Waals surface area contributed by atoms with Crippen molar-refractivity contribution in [3.8, 4) is 0 Å². The Morgan fingerprint density at radius 3 is 2.38 bits per heavy atom. The molecular weight excluding hydrogens is 486 g/mol. The maximum absolute atomic E-state index is 12.2. The van der Waals surface area contributed by atoms with Crippen molar-refractivity contribution in [1.82, 2.24) is 9.80 Å². The smallest absolute Gasteiger partial charge is 0.253 e. The summed E-state index contributed by atoms with van der Waals surface area (Å²) in [6.45, 7) is 19.1. The van der Waals surface area contributed by atoms with Crippen LogP contribution in [0.5, 0.6) is 0 Å². The third-order valence-electron chi connectivity index (χ3n) is 5.10. The Hall–Kier alpha value is -2.24. The van der Waals surface area contributed by atoms with Crippen LogP contribution in [0, 0.1) is 6.92 Å². The van der Waals surface area contributed by atoms with E-state index in [1.807, 2.05) is 46.8 Å². The van der Waals surface area contributed by atoms with Crippen molar-refractivity contribution in [3.05, 3.63) is 75.3 Å². The molecular formula is C29H44BrN3O. The topological polar surface area (TPSA) is 35.9 Å². The summed E-state index contributed by atoms with van der Waals surface area (Å²) < 4.78 is 0.944. The molecule has 0 radical (unpaired) electrons. The van der Waals surface area contributed by atoms with Crippen LogP contribution in [0.25, 0.3) is 5.57 Å². The molecule has 1 aromatic carbocycles. The van der Waals surface area contributed by atoms with E-state index in [4.69, 9.17) is 0 Å².